The number of carbonyl (C=O) groups excluding carboxylic acids is 1. The number of phenols is 2. The van der Waals surface area contributed by atoms with E-state index in [0.29, 0.717) is 18.5 Å². The second-order valence-corrected chi connectivity index (χ2v) is 5.16. The lowest BCUT2D eigenvalue weighted by atomic mass is 10.1. The van der Waals surface area contributed by atoms with Crippen LogP contribution in [0.1, 0.15) is 11.1 Å². The highest BCUT2D eigenvalue weighted by Gasteiger charge is 2.14. The van der Waals surface area contributed by atoms with Gasteiger partial charge in [0, 0.05) is 6.54 Å². The van der Waals surface area contributed by atoms with Gasteiger partial charge < -0.3 is 21.3 Å². The Balaban J connectivity index is 1.80. The quantitative estimate of drug-likeness (QED) is 0.605. The Labute approximate surface area is 129 Å². The molecule has 0 bridgehead atoms. The van der Waals surface area contributed by atoms with Crippen LogP contribution in [0.5, 0.6) is 11.5 Å². The molecule has 0 saturated heterocycles. The van der Waals surface area contributed by atoms with Gasteiger partial charge in [0.15, 0.2) is 11.5 Å². The Hall–Kier alpha value is -2.53. The molecule has 1 atom stereocenters. The zero-order valence-corrected chi connectivity index (χ0v) is 12.2. The molecule has 0 spiro atoms. The molecule has 2 aromatic carbocycles. The molecule has 0 aliphatic heterocycles. The van der Waals surface area contributed by atoms with Crippen LogP contribution in [-0.4, -0.2) is 28.7 Å². The van der Waals surface area contributed by atoms with Gasteiger partial charge in [-0.3, -0.25) is 4.79 Å². The molecule has 0 aromatic heterocycles. The predicted molar refractivity (Wildman–Crippen MR) is 84.6 cm³/mol. The first-order valence-electron chi connectivity index (χ1n) is 7.14. The Bertz CT molecular complexity index is 629. The van der Waals surface area contributed by atoms with E-state index >= 15 is 0 Å². The van der Waals surface area contributed by atoms with E-state index in [-0.39, 0.29) is 17.4 Å². The maximum Gasteiger partial charge on any atom is 0.237 e. The van der Waals surface area contributed by atoms with E-state index < -0.39 is 6.04 Å². The third kappa shape index (κ3) is 4.49. The van der Waals surface area contributed by atoms with Crippen molar-refractivity contribution >= 4 is 5.91 Å². The fourth-order valence-corrected chi connectivity index (χ4v) is 2.15. The third-order valence-electron chi connectivity index (χ3n) is 3.39. The number of hydrogen-bond acceptors (Lipinski definition) is 4. The molecule has 0 fully saturated rings. The lowest BCUT2D eigenvalue weighted by Crippen LogP contribution is -2.42. The maximum atomic E-state index is 11.9. The van der Waals surface area contributed by atoms with Crippen molar-refractivity contribution < 1.29 is 15.0 Å². The second-order valence-electron chi connectivity index (χ2n) is 5.16. The standard InChI is InChI=1S/C17H20N2O3/c18-14(10-13-6-7-15(20)16(21)11-13)17(22)19-9-8-12-4-2-1-3-5-12/h1-7,11,14,20-21H,8-10,18H2,(H,19,22). The number of aromatic hydroxyl groups is 2. The van der Waals surface area contributed by atoms with E-state index in [4.69, 9.17) is 5.73 Å². The highest BCUT2D eigenvalue weighted by molar-refractivity contribution is 5.81. The summed E-state index contributed by atoms with van der Waals surface area (Å²) in [5.41, 5.74) is 7.71. The first-order chi connectivity index (χ1) is 10.6. The van der Waals surface area contributed by atoms with E-state index in [1.807, 2.05) is 30.3 Å². The molecule has 5 heteroatoms. The summed E-state index contributed by atoms with van der Waals surface area (Å²) in [5, 5.41) is 21.5. The Morgan fingerprint density at radius 2 is 1.77 bits per heavy atom. The highest BCUT2D eigenvalue weighted by atomic mass is 16.3. The molecule has 116 valence electrons. The Morgan fingerprint density at radius 1 is 1.05 bits per heavy atom. The summed E-state index contributed by atoms with van der Waals surface area (Å²) < 4.78 is 0. The molecule has 22 heavy (non-hydrogen) atoms. The molecule has 2 aromatic rings. The van der Waals surface area contributed by atoms with Gasteiger partial charge in [-0.2, -0.15) is 0 Å². The number of nitrogens with two attached hydrogens (primary N) is 1. The molecule has 0 saturated carbocycles. The van der Waals surface area contributed by atoms with Gasteiger partial charge in [0.1, 0.15) is 0 Å². The predicted octanol–water partition coefficient (Wildman–Crippen LogP) is 1.33. The number of hydrogen-bond donors (Lipinski definition) is 4. The molecular weight excluding hydrogens is 280 g/mol. The van der Waals surface area contributed by atoms with Crippen LogP contribution in [0.15, 0.2) is 48.5 Å². The van der Waals surface area contributed by atoms with Gasteiger partial charge in [-0.15, -0.1) is 0 Å². The van der Waals surface area contributed by atoms with Gasteiger partial charge in [-0.1, -0.05) is 36.4 Å². The van der Waals surface area contributed by atoms with E-state index in [0.717, 1.165) is 12.0 Å². The monoisotopic (exact) mass is 300 g/mol. The van der Waals surface area contributed by atoms with Crippen LogP contribution < -0.4 is 11.1 Å². The second kappa shape index (κ2) is 7.47. The van der Waals surface area contributed by atoms with E-state index in [1.165, 1.54) is 12.1 Å². The molecular formula is C17H20N2O3. The number of benzene rings is 2. The van der Waals surface area contributed by atoms with Crippen LogP contribution in [0.2, 0.25) is 0 Å². The zero-order valence-electron chi connectivity index (χ0n) is 12.2. The van der Waals surface area contributed by atoms with Crippen molar-refractivity contribution in [2.45, 2.75) is 18.9 Å². The van der Waals surface area contributed by atoms with Gasteiger partial charge in [-0.05, 0) is 36.1 Å². The summed E-state index contributed by atoms with van der Waals surface area (Å²) >= 11 is 0. The lowest BCUT2D eigenvalue weighted by Gasteiger charge is -2.13. The summed E-state index contributed by atoms with van der Waals surface area (Å²) in [7, 11) is 0. The van der Waals surface area contributed by atoms with Crippen molar-refractivity contribution in [3.8, 4) is 11.5 Å². The van der Waals surface area contributed by atoms with Crippen LogP contribution in [0.3, 0.4) is 0 Å². The van der Waals surface area contributed by atoms with Crippen LogP contribution in [-0.2, 0) is 17.6 Å². The minimum atomic E-state index is -0.695. The molecule has 5 nitrogen and oxygen atoms in total. The molecule has 0 aliphatic rings. The van der Waals surface area contributed by atoms with E-state index in [1.54, 1.807) is 6.07 Å². The van der Waals surface area contributed by atoms with Crippen LogP contribution in [0.25, 0.3) is 0 Å². The SMILES string of the molecule is NC(Cc1ccc(O)c(O)c1)C(=O)NCCc1ccccc1. The number of rotatable bonds is 6. The van der Waals surface area contributed by atoms with Gasteiger partial charge in [-0.25, -0.2) is 0 Å². The Morgan fingerprint density at radius 3 is 2.45 bits per heavy atom. The lowest BCUT2D eigenvalue weighted by molar-refractivity contribution is -0.122. The Kier molecular flexibility index (Phi) is 5.38. The third-order valence-corrected chi connectivity index (χ3v) is 3.39. The van der Waals surface area contributed by atoms with Crippen molar-refractivity contribution in [2.75, 3.05) is 6.54 Å². The molecule has 2 rings (SSSR count). The van der Waals surface area contributed by atoms with Crippen molar-refractivity contribution in [1.29, 1.82) is 0 Å². The van der Waals surface area contributed by atoms with Gasteiger partial charge in [0.25, 0.3) is 0 Å². The minimum Gasteiger partial charge on any atom is -0.504 e. The fourth-order valence-electron chi connectivity index (χ4n) is 2.15. The first-order valence-corrected chi connectivity index (χ1v) is 7.14. The highest BCUT2D eigenvalue weighted by Crippen LogP contribution is 2.25. The zero-order chi connectivity index (χ0) is 15.9. The van der Waals surface area contributed by atoms with Crippen molar-refractivity contribution in [2.24, 2.45) is 5.73 Å². The number of phenolic OH excluding ortho intramolecular Hbond substituents is 2. The van der Waals surface area contributed by atoms with Crippen LogP contribution in [0.4, 0.5) is 0 Å². The first kappa shape index (κ1) is 15.9. The maximum absolute atomic E-state index is 11.9. The summed E-state index contributed by atoms with van der Waals surface area (Å²) in [6, 6.07) is 13.6. The normalized spacial score (nSPS) is 11.9. The average Bonchev–Trinajstić information content (AvgIpc) is 2.52. The summed E-state index contributed by atoms with van der Waals surface area (Å²) in [5.74, 6) is -0.637. The fraction of sp³-hybridized carbons (Fsp3) is 0.235. The smallest absolute Gasteiger partial charge is 0.237 e. The van der Waals surface area contributed by atoms with Crippen LogP contribution in [0, 0.1) is 0 Å². The number of carbonyl (C=O) groups is 1. The molecule has 0 heterocycles. The molecule has 1 amide bonds. The average molecular weight is 300 g/mol. The van der Waals surface area contributed by atoms with E-state index in [2.05, 4.69) is 5.32 Å². The number of amides is 1. The summed E-state index contributed by atoms with van der Waals surface area (Å²) in [4.78, 5) is 11.9. The van der Waals surface area contributed by atoms with Gasteiger partial charge in [0.05, 0.1) is 6.04 Å². The van der Waals surface area contributed by atoms with Gasteiger partial charge >= 0.3 is 0 Å². The summed E-state index contributed by atoms with van der Waals surface area (Å²) in [6.07, 6.45) is 1.05. The largest absolute Gasteiger partial charge is 0.504 e. The van der Waals surface area contributed by atoms with Crippen molar-refractivity contribution in [3.63, 3.8) is 0 Å². The molecule has 5 N–H and O–H groups in total. The van der Waals surface area contributed by atoms with Crippen molar-refractivity contribution in [3.05, 3.63) is 59.7 Å². The molecule has 0 aliphatic carbocycles. The van der Waals surface area contributed by atoms with Gasteiger partial charge in [0.2, 0.25) is 5.91 Å². The van der Waals surface area contributed by atoms with Crippen molar-refractivity contribution in [1.82, 2.24) is 5.32 Å². The summed E-state index contributed by atoms with van der Waals surface area (Å²) in [6.45, 7) is 0.525. The number of nitrogens with one attached hydrogen (secondary N) is 1. The molecule has 0 radical (unpaired) electrons. The minimum absolute atomic E-state index is 0.190. The topological polar surface area (TPSA) is 95.6 Å². The van der Waals surface area contributed by atoms with E-state index in [9.17, 15) is 15.0 Å². The molecule has 1 unspecified atom stereocenters. The van der Waals surface area contributed by atoms with Crippen LogP contribution >= 0.6 is 0 Å².